The first-order valence-corrected chi connectivity index (χ1v) is 8.49. The topological polar surface area (TPSA) is 70.7 Å². The Balaban J connectivity index is 2.26. The zero-order valence-corrected chi connectivity index (χ0v) is 15.4. The summed E-state index contributed by atoms with van der Waals surface area (Å²) in [7, 11) is 0. The Kier molecular flexibility index (Phi) is 7.48. The molecule has 6 nitrogen and oxygen atoms in total. The molecule has 0 saturated carbocycles. The van der Waals surface area contributed by atoms with Gasteiger partial charge in [-0.1, -0.05) is 20.8 Å². The van der Waals surface area contributed by atoms with Crippen molar-refractivity contribution in [1.29, 1.82) is 0 Å². The Morgan fingerprint density at radius 1 is 1.13 bits per heavy atom. The first kappa shape index (κ1) is 19.9. The van der Waals surface area contributed by atoms with Gasteiger partial charge in [-0.2, -0.15) is 0 Å². The molecule has 23 heavy (non-hydrogen) atoms. The van der Waals surface area contributed by atoms with Crippen molar-refractivity contribution >= 4 is 11.8 Å². The molecule has 0 aromatic carbocycles. The van der Waals surface area contributed by atoms with Crippen LogP contribution < -0.4 is 10.6 Å². The van der Waals surface area contributed by atoms with E-state index in [1.807, 2.05) is 20.8 Å². The minimum absolute atomic E-state index is 0.0392. The van der Waals surface area contributed by atoms with Gasteiger partial charge in [0.15, 0.2) is 0 Å². The molecule has 0 bridgehead atoms. The molecule has 0 unspecified atom stereocenters. The maximum Gasteiger partial charge on any atom is 0.239 e. The molecule has 134 valence electrons. The molecule has 0 aromatic heterocycles. The molecule has 1 fully saturated rings. The third-order valence-electron chi connectivity index (χ3n) is 3.80. The van der Waals surface area contributed by atoms with Crippen LogP contribution in [-0.2, 0) is 14.3 Å². The number of amides is 2. The number of carbonyl (C=O) groups is 2. The van der Waals surface area contributed by atoms with Crippen LogP contribution >= 0.6 is 0 Å². The third-order valence-corrected chi connectivity index (χ3v) is 3.80. The smallest absolute Gasteiger partial charge is 0.239 e. The normalized spacial score (nSPS) is 24.1. The monoisotopic (exact) mass is 327 g/mol. The molecule has 2 N–H and O–H groups in total. The van der Waals surface area contributed by atoms with Gasteiger partial charge in [0.05, 0.1) is 18.8 Å². The highest BCUT2D eigenvalue weighted by molar-refractivity contribution is 5.84. The highest BCUT2D eigenvalue weighted by Crippen LogP contribution is 2.17. The van der Waals surface area contributed by atoms with E-state index in [2.05, 4.69) is 36.3 Å². The lowest BCUT2D eigenvalue weighted by atomic mass is 9.92. The van der Waals surface area contributed by atoms with Gasteiger partial charge in [0.1, 0.15) is 0 Å². The second-order valence-corrected chi connectivity index (χ2v) is 7.88. The second-order valence-electron chi connectivity index (χ2n) is 7.88. The van der Waals surface area contributed by atoms with E-state index in [-0.39, 0.29) is 42.0 Å². The lowest BCUT2D eigenvalue weighted by molar-refractivity contribution is -0.127. The fourth-order valence-electron chi connectivity index (χ4n) is 2.75. The summed E-state index contributed by atoms with van der Waals surface area (Å²) in [5.41, 5.74) is -0.0706. The number of nitrogens with one attached hydrogen (secondary N) is 2. The highest BCUT2D eigenvalue weighted by atomic mass is 16.5. The lowest BCUT2D eigenvalue weighted by Crippen LogP contribution is -2.52. The Morgan fingerprint density at radius 2 is 1.70 bits per heavy atom. The van der Waals surface area contributed by atoms with Crippen LogP contribution in [0.4, 0.5) is 0 Å². The predicted molar refractivity (Wildman–Crippen MR) is 91.1 cm³/mol. The molecule has 1 saturated heterocycles. The summed E-state index contributed by atoms with van der Waals surface area (Å²) in [6.45, 7) is 14.6. The maximum atomic E-state index is 11.9. The lowest BCUT2D eigenvalue weighted by Gasteiger charge is -2.39. The zero-order valence-electron chi connectivity index (χ0n) is 15.4. The number of rotatable bonds is 6. The number of nitrogens with zero attached hydrogens (tertiary/aromatic N) is 1. The Bertz CT molecular complexity index is 396. The van der Waals surface area contributed by atoms with E-state index in [0.717, 1.165) is 13.1 Å². The highest BCUT2D eigenvalue weighted by Gasteiger charge is 2.25. The molecule has 6 heteroatoms. The Labute approximate surface area is 140 Å². The van der Waals surface area contributed by atoms with Gasteiger partial charge in [0.2, 0.25) is 11.8 Å². The summed E-state index contributed by atoms with van der Waals surface area (Å²) in [5.74, 6) is -0.231. The van der Waals surface area contributed by atoms with Crippen LogP contribution in [0.5, 0.6) is 0 Å². The second kappa shape index (κ2) is 8.64. The van der Waals surface area contributed by atoms with Crippen molar-refractivity contribution in [3.05, 3.63) is 0 Å². The van der Waals surface area contributed by atoms with Gasteiger partial charge in [0.25, 0.3) is 0 Å². The van der Waals surface area contributed by atoms with Crippen LogP contribution in [0.3, 0.4) is 0 Å². The van der Waals surface area contributed by atoms with Crippen molar-refractivity contribution in [2.24, 2.45) is 5.41 Å². The molecule has 0 aliphatic carbocycles. The van der Waals surface area contributed by atoms with E-state index < -0.39 is 0 Å². The molecule has 0 aromatic rings. The first-order valence-electron chi connectivity index (χ1n) is 8.49. The molecule has 0 spiro atoms. The largest absolute Gasteiger partial charge is 0.373 e. The minimum atomic E-state index is -0.145. The van der Waals surface area contributed by atoms with Crippen LogP contribution in [-0.4, -0.2) is 61.1 Å². The zero-order chi connectivity index (χ0) is 17.6. The van der Waals surface area contributed by atoms with Gasteiger partial charge < -0.3 is 15.4 Å². The van der Waals surface area contributed by atoms with Crippen molar-refractivity contribution in [2.45, 2.75) is 66.2 Å². The van der Waals surface area contributed by atoms with Crippen molar-refractivity contribution < 1.29 is 14.3 Å². The fourth-order valence-corrected chi connectivity index (χ4v) is 2.75. The summed E-state index contributed by atoms with van der Waals surface area (Å²) in [5, 5.41) is 5.56. The van der Waals surface area contributed by atoms with E-state index in [1.54, 1.807) is 0 Å². The van der Waals surface area contributed by atoms with Crippen LogP contribution in [0.15, 0.2) is 0 Å². The quantitative estimate of drug-likeness (QED) is 0.768. The summed E-state index contributed by atoms with van der Waals surface area (Å²) >= 11 is 0. The average Bonchev–Trinajstić information content (AvgIpc) is 2.39. The van der Waals surface area contributed by atoms with Gasteiger partial charge in [-0.05, 0) is 26.2 Å². The van der Waals surface area contributed by atoms with Crippen LogP contribution in [0, 0.1) is 5.41 Å². The number of hydrogen-bond acceptors (Lipinski definition) is 4. The van der Waals surface area contributed by atoms with Gasteiger partial charge in [-0.25, -0.2) is 0 Å². The van der Waals surface area contributed by atoms with Gasteiger partial charge >= 0.3 is 0 Å². The van der Waals surface area contributed by atoms with E-state index in [0.29, 0.717) is 13.0 Å². The molecule has 2 amide bonds. The van der Waals surface area contributed by atoms with E-state index in [1.165, 1.54) is 0 Å². The molecule has 1 rings (SSSR count). The number of morpholine rings is 1. The van der Waals surface area contributed by atoms with E-state index >= 15 is 0 Å². The average molecular weight is 327 g/mol. The molecule has 0 radical (unpaired) electrons. The number of carbonyl (C=O) groups excluding carboxylic acids is 2. The number of ether oxygens (including phenoxy) is 1. The predicted octanol–water partition coefficient (Wildman–Crippen LogP) is 1.15. The van der Waals surface area contributed by atoms with Gasteiger partial charge in [0, 0.05) is 32.1 Å². The van der Waals surface area contributed by atoms with Gasteiger partial charge in [-0.15, -0.1) is 0 Å². The molecule has 1 heterocycles. The molecule has 3 atom stereocenters. The van der Waals surface area contributed by atoms with Gasteiger partial charge in [-0.3, -0.25) is 14.5 Å². The van der Waals surface area contributed by atoms with Crippen molar-refractivity contribution in [1.82, 2.24) is 15.5 Å². The number of hydrogen-bond donors (Lipinski definition) is 2. The summed E-state index contributed by atoms with van der Waals surface area (Å²) in [6.07, 6.45) is 0.849. The molecular weight excluding hydrogens is 294 g/mol. The minimum Gasteiger partial charge on any atom is -0.373 e. The first-order chi connectivity index (χ1) is 10.6. The Hall–Kier alpha value is -1.14. The molecule has 1 aliphatic rings. The molecular formula is C17H33N3O3. The van der Waals surface area contributed by atoms with E-state index in [9.17, 15) is 9.59 Å². The SMILES string of the molecule is C[C@@H]1CN([C@@H](C)CNC(=O)CNC(=O)CC(C)(C)C)C[C@@H](C)O1. The summed E-state index contributed by atoms with van der Waals surface area (Å²) < 4.78 is 5.72. The van der Waals surface area contributed by atoms with Crippen LogP contribution in [0.25, 0.3) is 0 Å². The molecule has 1 aliphatic heterocycles. The van der Waals surface area contributed by atoms with Crippen LogP contribution in [0.2, 0.25) is 0 Å². The maximum absolute atomic E-state index is 11.9. The van der Waals surface area contributed by atoms with Crippen molar-refractivity contribution in [2.75, 3.05) is 26.2 Å². The third kappa shape index (κ3) is 8.32. The van der Waals surface area contributed by atoms with Crippen molar-refractivity contribution in [3.8, 4) is 0 Å². The standard InChI is InChI=1S/C17H33N3O3/c1-12(20-10-13(2)23-14(3)11-20)8-18-16(22)9-19-15(21)7-17(4,5)6/h12-14H,7-11H2,1-6H3,(H,18,22)(H,19,21)/t12-,13+,14+/m0/s1. The Morgan fingerprint density at radius 3 is 2.22 bits per heavy atom. The van der Waals surface area contributed by atoms with E-state index in [4.69, 9.17) is 4.74 Å². The fraction of sp³-hybridized carbons (Fsp3) is 0.882. The summed E-state index contributed by atoms with van der Waals surface area (Å²) in [6, 6.07) is 0.248. The summed E-state index contributed by atoms with van der Waals surface area (Å²) in [4.78, 5) is 25.9. The van der Waals surface area contributed by atoms with Crippen LogP contribution in [0.1, 0.15) is 48.0 Å². The van der Waals surface area contributed by atoms with Crippen molar-refractivity contribution in [3.63, 3.8) is 0 Å².